The molecule has 0 saturated carbocycles. The molecule has 0 nitrogen and oxygen atoms in total. The molecule has 0 saturated heterocycles. The van der Waals surface area contributed by atoms with Crippen molar-refractivity contribution in [1.29, 1.82) is 0 Å². The SMILES string of the molecule is CCC(C)C(C)(C)CC(C)(C)Cl. The second-order valence-electron chi connectivity index (χ2n) is 5.19. The van der Waals surface area contributed by atoms with Crippen molar-refractivity contribution in [2.45, 2.75) is 59.3 Å². The third-order valence-corrected chi connectivity index (χ3v) is 2.96. The molecule has 0 bridgehead atoms. The van der Waals surface area contributed by atoms with Gasteiger partial charge in [-0.3, -0.25) is 0 Å². The normalized spacial score (nSPS) is 16.2. The lowest BCUT2D eigenvalue weighted by atomic mass is 9.73. The zero-order chi connectivity index (χ0) is 9.99. The van der Waals surface area contributed by atoms with Gasteiger partial charge in [0.1, 0.15) is 0 Å². The first-order valence-electron chi connectivity index (χ1n) is 4.88. The van der Waals surface area contributed by atoms with E-state index in [0.717, 1.165) is 12.3 Å². The van der Waals surface area contributed by atoms with Crippen LogP contribution < -0.4 is 0 Å². The summed E-state index contributed by atoms with van der Waals surface area (Å²) in [5, 5.41) is 0. The Kier molecular flexibility index (Phi) is 4.10. The first-order chi connectivity index (χ1) is 5.19. The van der Waals surface area contributed by atoms with Crippen LogP contribution in [0.25, 0.3) is 0 Å². The number of alkyl halides is 1. The van der Waals surface area contributed by atoms with Gasteiger partial charge in [-0.15, -0.1) is 11.6 Å². The van der Waals surface area contributed by atoms with Crippen LogP contribution in [0.2, 0.25) is 0 Å². The van der Waals surface area contributed by atoms with Crippen molar-refractivity contribution in [3.63, 3.8) is 0 Å². The van der Waals surface area contributed by atoms with Crippen molar-refractivity contribution >= 4 is 11.6 Å². The second kappa shape index (κ2) is 4.00. The van der Waals surface area contributed by atoms with Gasteiger partial charge in [0.15, 0.2) is 0 Å². The maximum absolute atomic E-state index is 6.22. The minimum atomic E-state index is -0.0626. The third kappa shape index (κ3) is 4.35. The monoisotopic (exact) mass is 190 g/mol. The number of rotatable bonds is 4. The first-order valence-corrected chi connectivity index (χ1v) is 5.26. The summed E-state index contributed by atoms with van der Waals surface area (Å²) < 4.78 is 0. The van der Waals surface area contributed by atoms with Gasteiger partial charge in [-0.2, -0.15) is 0 Å². The third-order valence-electron chi connectivity index (χ3n) is 2.82. The molecule has 0 rings (SSSR count). The topological polar surface area (TPSA) is 0 Å². The van der Waals surface area contributed by atoms with E-state index < -0.39 is 0 Å². The van der Waals surface area contributed by atoms with Crippen LogP contribution in [0, 0.1) is 11.3 Å². The highest BCUT2D eigenvalue weighted by Crippen LogP contribution is 2.39. The standard InChI is InChI=1S/C11H23Cl/c1-7-9(2)10(3,4)8-11(5,6)12/h9H,7-8H2,1-6H3. The summed E-state index contributed by atoms with van der Waals surface area (Å²) in [6.07, 6.45) is 2.32. The van der Waals surface area contributed by atoms with Crippen LogP contribution in [0.1, 0.15) is 54.4 Å². The molecule has 0 N–H and O–H groups in total. The molecule has 74 valence electrons. The predicted octanol–water partition coefficient (Wildman–Crippen LogP) is 4.47. The lowest BCUT2D eigenvalue weighted by Gasteiger charge is -2.36. The van der Waals surface area contributed by atoms with Crippen molar-refractivity contribution in [2.75, 3.05) is 0 Å². The fourth-order valence-electron chi connectivity index (χ4n) is 1.81. The van der Waals surface area contributed by atoms with Gasteiger partial charge in [0, 0.05) is 4.87 Å². The summed E-state index contributed by atoms with van der Waals surface area (Å²) in [6.45, 7) is 13.4. The van der Waals surface area contributed by atoms with Crippen LogP contribution >= 0.6 is 11.6 Å². The minimum Gasteiger partial charge on any atom is -0.120 e. The minimum absolute atomic E-state index is 0.0626. The molecular formula is C11H23Cl. The Hall–Kier alpha value is 0.290. The number of hydrogen-bond donors (Lipinski definition) is 0. The Balaban J connectivity index is 4.22. The highest BCUT2D eigenvalue weighted by molar-refractivity contribution is 6.23. The lowest BCUT2D eigenvalue weighted by molar-refractivity contribution is 0.188. The molecule has 0 aliphatic carbocycles. The van der Waals surface area contributed by atoms with Crippen LogP contribution in [0.5, 0.6) is 0 Å². The van der Waals surface area contributed by atoms with Gasteiger partial charge in [-0.25, -0.2) is 0 Å². The van der Waals surface area contributed by atoms with Crippen molar-refractivity contribution in [3.8, 4) is 0 Å². The Morgan fingerprint density at radius 3 is 1.83 bits per heavy atom. The lowest BCUT2D eigenvalue weighted by Crippen LogP contribution is -2.29. The predicted molar refractivity (Wildman–Crippen MR) is 57.8 cm³/mol. The van der Waals surface area contributed by atoms with Gasteiger partial charge >= 0.3 is 0 Å². The molecule has 0 fully saturated rings. The molecule has 12 heavy (non-hydrogen) atoms. The van der Waals surface area contributed by atoms with Crippen molar-refractivity contribution < 1.29 is 0 Å². The molecule has 0 aromatic heterocycles. The highest BCUT2D eigenvalue weighted by Gasteiger charge is 2.30. The molecule has 1 atom stereocenters. The van der Waals surface area contributed by atoms with Crippen LogP contribution in [-0.4, -0.2) is 4.87 Å². The van der Waals surface area contributed by atoms with Crippen LogP contribution in [-0.2, 0) is 0 Å². The molecule has 0 amide bonds. The van der Waals surface area contributed by atoms with Gasteiger partial charge in [0.2, 0.25) is 0 Å². The highest BCUT2D eigenvalue weighted by atomic mass is 35.5. The molecule has 0 aromatic carbocycles. The Labute approximate surface area is 82.7 Å². The van der Waals surface area contributed by atoms with Crippen LogP contribution in [0.15, 0.2) is 0 Å². The van der Waals surface area contributed by atoms with E-state index in [-0.39, 0.29) is 4.87 Å². The average Bonchev–Trinajstić information content (AvgIpc) is 1.80. The number of halogens is 1. The first kappa shape index (κ1) is 12.3. The van der Waals surface area contributed by atoms with E-state index in [4.69, 9.17) is 11.6 Å². The molecule has 1 heteroatoms. The zero-order valence-electron chi connectivity index (χ0n) is 9.37. The van der Waals surface area contributed by atoms with Crippen LogP contribution in [0.3, 0.4) is 0 Å². The second-order valence-corrected chi connectivity index (χ2v) is 6.22. The molecule has 1 unspecified atom stereocenters. The van der Waals surface area contributed by atoms with Crippen molar-refractivity contribution in [3.05, 3.63) is 0 Å². The number of hydrogen-bond acceptors (Lipinski definition) is 0. The molecule has 0 heterocycles. The van der Waals surface area contributed by atoms with Gasteiger partial charge in [-0.1, -0.05) is 34.1 Å². The summed E-state index contributed by atoms with van der Waals surface area (Å²) in [6, 6.07) is 0. The van der Waals surface area contributed by atoms with E-state index in [1.165, 1.54) is 6.42 Å². The smallest absolute Gasteiger partial charge is 0.0395 e. The fourth-order valence-corrected chi connectivity index (χ4v) is 2.15. The maximum atomic E-state index is 6.22. The molecule has 0 aliphatic rings. The van der Waals surface area contributed by atoms with Gasteiger partial charge in [-0.05, 0) is 31.6 Å². The Bertz CT molecular complexity index is 130. The summed E-state index contributed by atoms with van der Waals surface area (Å²) in [5.74, 6) is 0.746. The van der Waals surface area contributed by atoms with E-state index in [1.807, 2.05) is 0 Å². The van der Waals surface area contributed by atoms with E-state index in [9.17, 15) is 0 Å². The van der Waals surface area contributed by atoms with E-state index >= 15 is 0 Å². The maximum Gasteiger partial charge on any atom is 0.0395 e. The average molecular weight is 191 g/mol. The van der Waals surface area contributed by atoms with Crippen molar-refractivity contribution in [1.82, 2.24) is 0 Å². The summed E-state index contributed by atoms with van der Waals surface area (Å²) in [7, 11) is 0. The van der Waals surface area contributed by atoms with Crippen LogP contribution in [0.4, 0.5) is 0 Å². The van der Waals surface area contributed by atoms with Gasteiger partial charge in [0.25, 0.3) is 0 Å². The van der Waals surface area contributed by atoms with E-state index in [0.29, 0.717) is 5.41 Å². The Morgan fingerprint density at radius 1 is 1.17 bits per heavy atom. The van der Waals surface area contributed by atoms with E-state index in [2.05, 4.69) is 41.5 Å². The molecule has 0 radical (unpaired) electrons. The molecular weight excluding hydrogens is 168 g/mol. The fraction of sp³-hybridized carbons (Fsp3) is 1.00. The molecule has 0 spiro atoms. The summed E-state index contributed by atoms with van der Waals surface area (Å²) in [5.41, 5.74) is 0.361. The summed E-state index contributed by atoms with van der Waals surface area (Å²) >= 11 is 6.22. The van der Waals surface area contributed by atoms with Gasteiger partial charge in [0.05, 0.1) is 0 Å². The quantitative estimate of drug-likeness (QED) is 0.574. The van der Waals surface area contributed by atoms with Gasteiger partial charge < -0.3 is 0 Å². The van der Waals surface area contributed by atoms with Crippen molar-refractivity contribution in [2.24, 2.45) is 11.3 Å². The van der Waals surface area contributed by atoms with E-state index in [1.54, 1.807) is 0 Å². The largest absolute Gasteiger partial charge is 0.120 e. The molecule has 0 aromatic rings. The zero-order valence-corrected chi connectivity index (χ0v) is 10.1. The summed E-state index contributed by atoms with van der Waals surface area (Å²) in [4.78, 5) is -0.0626. The molecule has 0 aliphatic heterocycles. The Morgan fingerprint density at radius 2 is 1.58 bits per heavy atom.